The average molecular weight is 158 g/mol. The lowest BCUT2D eigenvalue weighted by molar-refractivity contribution is -0.142. The molecular formula is C6H10N2O3. The van der Waals surface area contributed by atoms with Crippen molar-refractivity contribution in [3.63, 3.8) is 0 Å². The number of esters is 1. The fourth-order valence-electron chi connectivity index (χ4n) is 0.813. The Hall–Kier alpha value is -1.26. The molecule has 5 heteroatoms. The fourth-order valence-corrected chi connectivity index (χ4v) is 0.813. The zero-order chi connectivity index (χ0) is 8.27. The summed E-state index contributed by atoms with van der Waals surface area (Å²) in [5.74, 6) is -0.306. The molecule has 0 aromatic rings. The molecule has 0 aliphatic carbocycles. The van der Waals surface area contributed by atoms with Crippen LogP contribution < -0.4 is 5.73 Å². The second kappa shape index (κ2) is 3.23. The largest absolute Gasteiger partial charge is 0.469 e. The Morgan fingerprint density at radius 3 is 3.18 bits per heavy atom. The maximum absolute atomic E-state index is 10.7. The van der Waals surface area contributed by atoms with Crippen LogP contribution in [0.1, 0.15) is 6.42 Å². The molecule has 1 rings (SSSR count). The first-order valence-corrected chi connectivity index (χ1v) is 3.25. The smallest absolute Gasteiger partial charge is 0.309 e. The second-order valence-electron chi connectivity index (χ2n) is 2.20. The van der Waals surface area contributed by atoms with E-state index in [4.69, 9.17) is 10.5 Å². The van der Waals surface area contributed by atoms with Gasteiger partial charge in [0.15, 0.2) is 0 Å². The Morgan fingerprint density at radius 1 is 2.00 bits per heavy atom. The van der Waals surface area contributed by atoms with Gasteiger partial charge in [0.05, 0.1) is 20.1 Å². The molecule has 1 aliphatic rings. The van der Waals surface area contributed by atoms with Crippen LogP contribution in [0.25, 0.3) is 0 Å². The van der Waals surface area contributed by atoms with E-state index in [0.29, 0.717) is 6.54 Å². The molecular weight excluding hydrogens is 148 g/mol. The molecule has 0 bridgehead atoms. The number of hydrogen-bond acceptors (Lipinski definition) is 5. The Balaban J connectivity index is 2.26. The monoisotopic (exact) mass is 158 g/mol. The van der Waals surface area contributed by atoms with E-state index >= 15 is 0 Å². The molecule has 0 aromatic carbocycles. The van der Waals surface area contributed by atoms with Gasteiger partial charge in [0.1, 0.15) is 6.10 Å². The molecule has 1 heterocycles. The maximum atomic E-state index is 10.7. The van der Waals surface area contributed by atoms with Crippen LogP contribution in [0.15, 0.2) is 4.99 Å². The van der Waals surface area contributed by atoms with Crippen LogP contribution in [0.4, 0.5) is 0 Å². The molecule has 0 saturated heterocycles. The van der Waals surface area contributed by atoms with Gasteiger partial charge in [-0.1, -0.05) is 0 Å². The highest BCUT2D eigenvalue weighted by atomic mass is 16.5. The van der Waals surface area contributed by atoms with E-state index in [-0.39, 0.29) is 24.5 Å². The van der Waals surface area contributed by atoms with Crippen molar-refractivity contribution >= 4 is 12.0 Å². The van der Waals surface area contributed by atoms with Crippen LogP contribution in [-0.4, -0.2) is 31.7 Å². The van der Waals surface area contributed by atoms with Gasteiger partial charge in [0.25, 0.3) is 6.02 Å². The van der Waals surface area contributed by atoms with Gasteiger partial charge in [0, 0.05) is 0 Å². The number of nitrogens with zero attached hydrogens (tertiary/aromatic N) is 1. The zero-order valence-corrected chi connectivity index (χ0v) is 6.24. The molecule has 1 aliphatic heterocycles. The maximum Gasteiger partial charge on any atom is 0.309 e. The number of rotatable bonds is 2. The summed E-state index contributed by atoms with van der Waals surface area (Å²) in [4.78, 5) is 14.4. The van der Waals surface area contributed by atoms with Gasteiger partial charge >= 0.3 is 5.97 Å². The highest BCUT2D eigenvalue weighted by molar-refractivity contribution is 5.75. The van der Waals surface area contributed by atoms with Crippen molar-refractivity contribution in [1.29, 1.82) is 0 Å². The molecule has 1 atom stereocenters. The standard InChI is InChI=1S/C6H10N2O3/c1-10-5(9)2-4-3-8-6(7)11-4/h4H,2-3H2,1H3,(H2,7,8). The van der Waals surface area contributed by atoms with Gasteiger partial charge in [-0.15, -0.1) is 0 Å². The molecule has 0 amide bonds. The second-order valence-corrected chi connectivity index (χ2v) is 2.20. The summed E-state index contributed by atoms with van der Waals surface area (Å²) < 4.78 is 9.40. The number of amidine groups is 1. The molecule has 0 aromatic heterocycles. The van der Waals surface area contributed by atoms with Gasteiger partial charge in [-0.2, -0.15) is 0 Å². The highest BCUT2D eigenvalue weighted by Crippen LogP contribution is 2.06. The van der Waals surface area contributed by atoms with E-state index in [1.807, 2.05) is 0 Å². The van der Waals surface area contributed by atoms with Gasteiger partial charge in [-0.25, -0.2) is 4.99 Å². The predicted molar refractivity (Wildman–Crippen MR) is 38.0 cm³/mol. The lowest BCUT2D eigenvalue weighted by Gasteiger charge is -2.06. The molecule has 0 spiro atoms. The lowest BCUT2D eigenvalue weighted by atomic mass is 10.2. The zero-order valence-electron chi connectivity index (χ0n) is 6.24. The van der Waals surface area contributed by atoms with Crippen molar-refractivity contribution in [2.75, 3.05) is 13.7 Å². The molecule has 2 N–H and O–H groups in total. The molecule has 0 fully saturated rings. The first kappa shape index (κ1) is 7.84. The molecule has 5 nitrogen and oxygen atoms in total. The van der Waals surface area contributed by atoms with Crippen LogP contribution in [0.5, 0.6) is 0 Å². The van der Waals surface area contributed by atoms with Crippen LogP contribution in [-0.2, 0) is 14.3 Å². The number of hydrogen-bond donors (Lipinski definition) is 1. The van der Waals surface area contributed by atoms with Gasteiger partial charge in [-0.3, -0.25) is 4.79 Å². The van der Waals surface area contributed by atoms with Gasteiger partial charge in [0.2, 0.25) is 0 Å². The summed E-state index contributed by atoms with van der Waals surface area (Å²) in [6, 6.07) is 0.152. The van der Waals surface area contributed by atoms with Crippen molar-refractivity contribution < 1.29 is 14.3 Å². The first-order chi connectivity index (χ1) is 5.22. The van der Waals surface area contributed by atoms with Gasteiger partial charge < -0.3 is 15.2 Å². The van der Waals surface area contributed by atoms with Gasteiger partial charge in [-0.05, 0) is 0 Å². The van der Waals surface area contributed by atoms with Crippen molar-refractivity contribution in [2.45, 2.75) is 12.5 Å². The minimum absolute atomic E-state index is 0.152. The van der Waals surface area contributed by atoms with Crippen LogP contribution in [0.3, 0.4) is 0 Å². The predicted octanol–water partition coefficient (Wildman–Crippen LogP) is -0.737. The normalized spacial score (nSPS) is 22.3. The molecule has 0 radical (unpaired) electrons. The Labute approximate surface area is 64.2 Å². The number of ether oxygens (including phenoxy) is 2. The number of carbonyl (C=O) groups is 1. The minimum atomic E-state index is -0.306. The van der Waals surface area contributed by atoms with E-state index in [1.165, 1.54) is 7.11 Å². The summed E-state index contributed by atoms with van der Waals surface area (Å²) in [7, 11) is 1.33. The molecule has 0 saturated carbocycles. The Bertz CT molecular complexity index is 190. The third kappa shape index (κ3) is 2.10. The third-order valence-corrected chi connectivity index (χ3v) is 1.36. The van der Waals surface area contributed by atoms with Crippen molar-refractivity contribution in [1.82, 2.24) is 0 Å². The van der Waals surface area contributed by atoms with Crippen molar-refractivity contribution in [2.24, 2.45) is 10.7 Å². The number of carbonyl (C=O) groups excluding carboxylic acids is 1. The first-order valence-electron chi connectivity index (χ1n) is 3.25. The SMILES string of the molecule is COC(=O)CC1CN=C(N)O1. The quantitative estimate of drug-likeness (QED) is 0.537. The highest BCUT2D eigenvalue weighted by Gasteiger charge is 2.20. The molecule has 62 valence electrons. The fraction of sp³-hybridized carbons (Fsp3) is 0.667. The van der Waals surface area contributed by atoms with Crippen LogP contribution >= 0.6 is 0 Å². The Morgan fingerprint density at radius 2 is 2.73 bits per heavy atom. The molecule has 11 heavy (non-hydrogen) atoms. The van der Waals surface area contributed by atoms with Crippen molar-refractivity contribution in [3.8, 4) is 0 Å². The van der Waals surface area contributed by atoms with E-state index in [1.54, 1.807) is 0 Å². The third-order valence-electron chi connectivity index (χ3n) is 1.36. The average Bonchev–Trinajstić information content (AvgIpc) is 2.35. The van der Waals surface area contributed by atoms with E-state index in [9.17, 15) is 4.79 Å². The van der Waals surface area contributed by atoms with E-state index in [2.05, 4.69) is 9.73 Å². The summed E-state index contributed by atoms with van der Waals surface area (Å²) >= 11 is 0. The number of nitrogens with two attached hydrogens (primary N) is 1. The summed E-state index contributed by atoms with van der Waals surface area (Å²) in [5, 5.41) is 0. The van der Waals surface area contributed by atoms with E-state index < -0.39 is 0 Å². The number of methoxy groups -OCH3 is 1. The van der Waals surface area contributed by atoms with Crippen LogP contribution in [0, 0.1) is 0 Å². The summed E-state index contributed by atoms with van der Waals surface area (Å²) in [6.45, 7) is 0.445. The topological polar surface area (TPSA) is 73.9 Å². The summed E-state index contributed by atoms with van der Waals surface area (Å²) in [6.07, 6.45) is -0.0248. The molecule has 1 unspecified atom stereocenters. The van der Waals surface area contributed by atoms with E-state index in [0.717, 1.165) is 0 Å². The Kier molecular flexibility index (Phi) is 2.30. The minimum Gasteiger partial charge on any atom is -0.469 e. The van der Waals surface area contributed by atoms with Crippen molar-refractivity contribution in [3.05, 3.63) is 0 Å². The van der Waals surface area contributed by atoms with Crippen LogP contribution in [0.2, 0.25) is 0 Å². The lowest BCUT2D eigenvalue weighted by Crippen LogP contribution is -2.21. The number of aliphatic imine (C=N–C) groups is 1. The summed E-state index contributed by atoms with van der Waals surface area (Å²) in [5.41, 5.74) is 5.22.